The quantitative estimate of drug-likeness (QED) is 0.645. The van der Waals surface area contributed by atoms with Crippen molar-refractivity contribution in [2.24, 2.45) is 0 Å². The Morgan fingerprint density at radius 3 is 2.18 bits per heavy atom. The molecule has 0 atom stereocenters. The fourth-order valence-electron chi connectivity index (χ4n) is 1.17. The minimum atomic E-state index is 1.24. The van der Waals surface area contributed by atoms with Gasteiger partial charge in [-0.1, -0.05) is 19.4 Å². The molecule has 11 heavy (non-hydrogen) atoms. The predicted octanol–water partition coefficient (Wildman–Crippen LogP) is 3.89. The maximum atomic E-state index is 2.27. The summed E-state index contributed by atoms with van der Waals surface area (Å²) in [5, 5.41) is 0. The van der Waals surface area contributed by atoms with Gasteiger partial charge in [0.1, 0.15) is 0 Å². The Morgan fingerprint density at radius 1 is 1.18 bits per heavy atom. The molecule has 1 aliphatic rings. The van der Waals surface area contributed by atoms with E-state index in [9.17, 15) is 0 Å². The fraction of sp³-hybridized carbons (Fsp3) is 0.778. The molecule has 0 amide bonds. The highest BCUT2D eigenvalue weighted by Crippen LogP contribution is 2.38. The average molecular weight is 188 g/mol. The van der Waals surface area contributed by atoms with Gasteiger partial charge in [0.15, 0.2) is 0 Å². The van der Waals surface area contributed by atoms with Crippen molar-refractivity contribution in [2.75, 3.05) is 11.5 Å². The Kier molecular flexibility index (Phi) is 4.46. The van der Waals surface area contributed by atoms with Gasteiger partial charge in [0.25, 0.3) is 0 Å². The maximum Gasteiger partial charge on any atom is 0.0392 e. The van der Waals surface area contributed by atoms with Crippen LogP contribution in [0.2, 0.25) is 0 Å². The first-order valence-electron chi connectivity index (χ1n) is 4.36. The predicted molar refractivity (Wildman–Crippen MR) is 57.1 cm³/mol. The number of allylic oxidation sites excluding steroid dienone is 1. The average Bonchev–Trinajstić information content (AvgIpc) is 2.09. The summed E-state index contributed by atoms with van der Waals surface area (Å²) in [5.41, 5.74) is 1.67. The number of thioether (sulfide) groups is 2. The summed E-state index contributed by atoms with van der Waals surface area (Å²) >= 11 is 4.13. The van der Waals surface area contributed by atoms with Gasteiger partial charge in [0.05, 0.1) is 0 Å². The molecule has 0 N–H and O–H groups in total. The molecular formula is C9H16S2. The van der Waals surface area contributed by atoms with Crippen LogP contribution in [0.5, 0.6) is 0 Å². The van der Waals surface area contributed by atoms with Gasteiger partial charge < -0.3 is 0 Å². The molecule has 0 bridgehead atoms. The summed E-state index contributed by atoms with van der Waals surface area (Å²) in [7, 11) is 0. The van der Waals surface area contributed by atoms with Crippen molar-refractivity contribution in [1.82, 2.24) is 0 Å². The summed E-state index contributed by atoms with van der Waals surface area (Å²) in [4.78, 5) is 0. The first-order chi connectivity index (χ1) is 5.38. The van der Waals surface area contributed by atoms with Crippen LogP contribution in [0, 0.1) is 0 Å². The first kappa shape index (κ1) is 9.53. The van der Waals surface area contributed by atoms with Crippen molar-refractivity contribution in [1.29, 1.82) is 0 Å². The molecule has 0 radical (unpaired) electrons. The molecular weight excluding hydrogens is 172 g/mol. The van der Waals surface area contributed by atoms with E-state index in [4.69, 9.17) is 0 Å². The third kappa shape index (κ3) is 2.75. The molecule has 1 aliphatic heterocycles. The second-order valence-electron chi connectivity index (χ2n) is 2.65. The van der Waals surface area contributed by atoms with E-state index in [2.05, 4.69) is 37.4 Å². The summed E-state index contributed by atoms with van der Waals surface area (Å²) in [6.45, 7) is 4.53. The van der Waals surface area contributed by atoms with E-state index in [-0.39, 0.29) is 0 Å². The van der Waals surface area contributed by atoms with E-state index in [1.165, 1.54) is 30.8 Å². The lowest BCUT2D eigenvalue weighted by atomic mass is 10.2. The van der Waals surface area contributed by atoms with Crippen LogP contribution < -0.4 is 0 Å². The molecule has 0 aliphatic carbocycles. The van der Waals surface area contributed by atoms with Gasteiger partial charge in [-0.25, -0.2) is 0 Å². The van der Waals surface area contributed by atoms with Crippen LogP contribution in [0.4, 0.5) is 0 Å². The van der Waals surface area contributed by atoms with E-state index >= 15 is 0 Å². The SMILES string of the molecule is CCC(CC)=C1SCCCS1. The van der Waals surface area contributed by atoms with E-state index in [1.807, 2.05) is 0 Å². The Balaban J connectivity index is 2.57. The second-order valence-corrected chi connectivity index (χ2v) is 5.12. The van der Waals surface area contributed by atoms with Gasteiger partial charge >= 0.3 is 0 Å². The van der Waals surface area contributed by atoms with E-state index in [0.29, 0.717) is 0 Å². The zero-order chi connectivity index (χ0) is 8.10. The summed E-state index contributed by atoms with van der Waals surface area (Å²) in [6.07, 6.45) is 3.87. The maximum absolute atomic E-state index is 2.27. The third-order valence-electron chi connectivity index (χ3n) is 1.90. The highest BCUT2D eigenvalue weighted by molar-refractivity contribution is 8.22. The van der Waals surface area contributed by atoms with Crippen molar-refractivity contribution in [3.05, 3.63) is 9.81 Å². The first-order valence-corrected chi connectivity index (χ1v) is 6.33. The molecule has 64 valence electrons. The summed E-state index contributed by atoms with van der Waals surface area (Å²) in [5.74, 6) is 2.68. The second kappa shape index (κ2) is 5.15. The minimum absolute atomic E-state index is 1.24. The molecule has 0 spiro atoms. The van der Waals surface area contributed by atoms with Crippen molar-refractivity contribution in [3.8, 4) is 0 Å². The van der Waals surface area contributed by atoms with Crippen LogP contribution in [0.3, 0.4) is 0 Å². The van der Waals surface area contributed by atoms with Crippen molar-refractivity contribution in [2.45, 2.75) is 33.1 Å². The van der Waals surface area contributed by atoms with Gasteiger partial charge in [-0.3, -0.25) is 0 Å². The van der Waals surface area contributed by atoms with Crippen LogP contribution in [-0.4, -0.2) is 11.5 Å². The molecule has 1 heterocycles. The standard InChI is InChI=1S/C9H16S2/c1-3-8(4-2)9-10-6-5-7-11-9/h3-7H2,1-2H3. The van der Waals surface area contributed by atoms with E-state index in [1.54, 1.807) is 9.81 Å². The smallest absolute Gasteiger partial charge is 0.0392 e. The summed E-state index contributed by atoms with van der Waals surface area (Å²) < 4.78 is 1.63. The lowest BCUT2D eigenvalue weighted by molar-refractivity contribution is 0.978. The van der Waals surface area contributed by atoms with Crippen LogP contribution in [-0.2, 0) is 0 Å². The molecule has 0 nitrogen and oxygen atoms in total. The fourth-order valence-corrected chi connectivity index (χ4v) is 4.12. The topological polar surface area (TPSA) is 0 Å². The lowest BCUT2D eigenvalue weighted by Gasteiger charge is -2.16. The van der Waals surface area contributed by atoms with Crippen LogP contribution in [0.15, 0.2) is 9.81 Å². The lowest BCUT2D eigenvalue weighted by Crippen LogP contribution is -1.94. The molecule has 1 fully saturated rings. The summed E-state index contributed by atoms with van der Waals surface area (Å²) in [6, 6.07) is 0. The molecule has 0 aromatic rings. The van der Waals surface area contributed by atoms with Gasteiger partial charge in [-0.15, -0.1) is 23.5 Å². The third-order valence-corrected chi connectivity index (χ3v) is 4.69. The van der Waals surface area contributed by atoms with Gasteiger partial charge in [0, 0.05) is 4.24 Å². The molecule has 0 aromatic heterocycles. The largest absolute Gasteiger partial charge is 0.119 e. The van der Waals surface area contributed by atoms with Gasteiger partial charge in [-0.2, -0.15) is 0 Å². The highest BCUT2D eigenvalue weighted by atomic mass is 32.2. The minimum Gasteiger partial charge on any atom is -0.119 e. The molecule has 0 aromatic carbocycles. The Hall–Kier alpha value is 0.440. The van der Waals surface area contributed by atoms with Crippen LogP contribution >= 0.6 is 23.5 Å². The van der Waals surface area contributed by atoms with E-state index < -0.39 is 0 Å². The molecule has 1 saturated heterocycles. The zero-order valence-corrected chi connectivity index (χ0v) is 8.99. The molecule has 0 saturated carbocycles. The Bertz CT molecular complexity index is 136. The van der Waals surface area contributed by atoms with E-state index in [0.717, 1.165) is 0 Å². The molecule has 1 rings (SSSR count). The van der Waals surface area contributed by atoms with Crippen molar-refractivity contribution >= 4 is 23.5 Å². The van der Waals surface area contributed by atoms with Gasteiger partial charge in [-0.05, 0) is 30.8 Å². The Labute approximate surface area is 78.2 Å². The molecule has 2 heteroatoms. The van der Waals surface area contributed by atoms with Crippen molar-refractivity contribution < 1.29 is 0 Å². The van der Waals surface area contributed by atoms with Crippen molar-refractivity contribution in [3.63, 3.8) is 0 Å². The number of hydrogen-bond donors (Lipinski definition) is 0. The monoisotopic (exact) mass is 188 g/mol. The van der Waals surface area contributed by atoms with Gasteiger partial charge in [0.2, 0.25) is 0 Å². The highest BCUT2D eigenvalue weighted by Gasteiger charge is 2.09. The number of hydrogen-bond acceptors (Lipinski definition) is 2. The molecule has 0 unspecified atom stereocenters. The Morgan fingerprint density at radius 2 is 1.73 bits per heavy atom. The van der Waals surface area contributed by atoms with Crippen LogP contribution in [0.1, 0.15) is 33.1 Å². The zero-order valence-electron chi connectivity index (χ0n) is 7.35. The van der Waals surface area contributed by atoms with Crippen LogP contribution in [0.25, 0.3) is 0 Å². The normalized spacial score (nSPS) is 18.5. The number of rotatable bonds is 2.